The molecule has 0 atom stereocenters. The molecule has 1 aliphatic rings. The van der Waals surface area contributed by atoms with Crippen molar-refractivity contribution in [2.75, 3.05) is 39.3 Å². The van der Waals surface area contributed by atoms with Crippen LogP contribution in [0.1, 0.15) is 12.5 Å². The van der Waals surface area contributed by atoms with Crippen molar-refractivity contribution in [3.05, 3.63) is 90.5 Å². The largest absolute Gasteiger partial charge is 0.465 e. The molecule has 7 nitrogen and oxygen atoms in total. The topological polar surface area (TPSA) is 63.5 Å². The first-order valence-electron chi connectivity index (χ1n) is 12.6. The summed E-state index contributed by atoms with van der Waals surface area (Å²) in [6.45, 7) is 6.30. The van der Waals surface area contributed by atoms with Crippen molar-refractivity contribution in [3.8, 4) is 28.2 Å². The summed E-state index contributed by atoms with van der Waals surface area (Å²) in [6.07, 6.45) is 3.59. The minimum absolute atomic E-state index is 0.189. The Kier molecular flexibility index (Phi) is 7.67. The first-order valence-corrected chi connectivity index (χ1v) is 12.6. The van der Waals surface area contributed by atoms with Crippen molar-refractivity contribution < 1.29 is 13.9 Å². The molecular formula is C29H30FN5O2. The predicted molar refractivity (Wildman–Crippen MR) is 141 cm³/mol. The summed E-state index contributed by atoms with van der Waals surface area (Å²) in [5.41, 5.74) is 4.83. The van der Waals surface area contributed by atoms with Crippen molar-refractivity contribution in [3.63, 3.8) is 0 Å². The maximum Gasteiger partial charge on any atom is 0.320 e. The second-order valence-corrected chi connectivity index (χ2v) is 9.04. The molecule has 0 saturated carbocycles. The van der Waals surface area contributed by atoms with E-state index in [4.69, 9.17) is 4.74 Å². The van der Waals surface area contributed by atoms with E-state index in [2.05, 4.69) is 19.9 Å². The lowest BCUT2D eigenvalue weighted by Crippen LogP contribution is -2.47. The van der Waals surface area contributed by atoms with Crippen LogP contribution in [0.5, 0.6) is 0 Å². The zero-order valence-corrected chi connectivity index (χ0v) is 20.9. The van der Waals surface area contributed by atoms with Crippen molar-refractivity contribution in [1.29, 1.82) is 0 Å². The molecule has 0 N–H and O–H groups in total. The molecule has 0 radical (unpaired) electrons. The predicted octanol–water partition coefficient (Wildman–Crippen LogP) is 4.42. The van der Waals surface area contributed by atoms with E-state index in [1.165, 1.54) is 6.07 Å². The summed E-state index contributed by atoms with van der Waals surface area (Å²) < 4.78 is 21.9. The minimum atomic E-state index is -0.293. The van der Waals surface area contributed by atoms with Gasteiger partial charge in [-0.1, -0.05) is 42.5 Å². The van der Waals surface area contributed by atoms with Crippen LogP contribution in [-0.4, -0.2) is 69.9 Å². The van der Waals surface area contributed by atoms with Crippen molar-refractivity contribution >= 4 is 5.97 Å². The quantitative estimate of drug-likeness (QED) is 0.335. The van der Waals surface area contributed by atoms with Gasteiger partial charge in [-0.3, -0.25) is 19.6 Å². The molecule has 4 aromatic rings. The molecule has 0 amide bonds. The van der Waals surface area contributed by atoms with Crippen molar-refractivity contribution in [2.45, 2.75) is 13.5 Å². The van der Waals surface area contributed by atoms with Crippen LogP contribution in [0.4, 0.5) is 4.39 Å². The number of aromatic nitrogens is 3. The maximum absolute atomic E-state index is 15.0. The molecule has 0 unspecified atom stereocenters. The standard InChI is InChI=1S/C29H30FN5O2/c1-2-37-28(36)21-34-16-14-33(15-17-34)20-23-18-32-35(29(23)25-10-6-7-11-26(25)30)24-12-13-27(31-19-24)22-8-4-3-5-9-22/h3-13,18-19H,2,14-17,20-21H2,1H3. The van der Waals surface area contributed by atoms with Gasteiger partial charge in [-0.05, 0) is 31.2 Å². The first kappa shape index (κ1) is 24.8. The van der Waals surface area contributed by atoms with E-state index in [1.54, 1.807) is 23.0 Å². The number of pyridine rings is 1. The van der Waals surface area contributed by atoms with Crippen LogP contribution in [0.25, 0.3) is 28.2 Å². The number of hydrogen-bond donors (Lipinski definition) is 0. The molecule has 3 heterocycles. The number of carbonyl (C=O) groups is 1. The normalized spacial score (nSPS) is 14.5. The number of ether oxygens (including phenoxy) is 1. The fourth-order valence-electron chi connectivity index (χ4n) is 4.66. The number of carbonyl (C=O) groups excluding carboxylic acids is 1. The molecule has 0 spiro atoms. The molecule has 5 rings (SSSR count). The molecule has 2 aromatic heterocycles. The van der Waals surface area contributed by atoms with Gasteiger partial charge in [0.2, 0.25) is 0 Å². The maximum atomic E-state index is 15.0. The second-order valence-electron chi connectivity index (χ2n) is 9.04. The molecule has 1 aliphatic heterocycles. The molecule has 8 heteroatoms. The summed E-state index contributed by atoms with van der Waals surface area (Å²) in [6, 6.07) is 20.7. The van der Waals surface area contributed by atoms with Gasteiger partial charge >= 0.3 is 5.97 Å². The van der Waals surface area contributed by atoms with Gasteiger partial charge in [0, 0.05) is 49.4 Å². The summed E-state index contributed by atoms with van der Waals surface area (Å²) >= 11 is 0. The van der Waals surface area contributed by atoms with E-state index in [0.29, 0.717) is 25.3 Å². The number of piperazine rings is 1. The zero-order chi connectivity index (χ0) is 25.6. The third-order valence-electron chi connectivity index (χ3n) is 6.55. The number of halogens is 1. The Labute approximate surface area is 216 Å². The van der Waals surface area contributed by atoms with Crippen LogP contribution in [0.15, 0.2) is 79.1 Å². The molecular weight excluding hydrogens is 469 g/mol. The number of rotatable bonds is 8. The van der Waals surface area contributed by atoms with Gasteiger partial charge in [-0.2, -0.15) is 5.10 Å². The van der Waals surface area contributed by atoms with Gasteiger partial charge < -0.3 is 4.74 Å². The third kappa shape index (κ3) is 5.76. The Morgan fingerprint density at radius 1 is 0.919 bits per heavy atom. The molecule has 37 heavy (non-hydrogen) atoms. The summed E-state index contributed by atoms with van der Waals surface area (Å²) in [7, 11) is 0. The lowest BCUT2D eigenvalue weighted by molar-refractivity contribution is -0.144. The summed E-state index contributed by atoms with van der Waals surface area (Å²) in [4.78, 5) is 20.9. The van der Waals surface area contributed by atoms with Crippen LogP contribution in [0.3, 0.4) is 0 Å². The van der Waals surface area contributed by atoms with E-state index in [9.17, 15) is 4.79 Å². The average molecular weight is 500 g/mol. The summed E-state index contributed by atoms with van der Waals surface area (Å²) in [5, 5.41) is 4.66. The van der Waals surface area contributed by atoms with E-state index in [-0.39, 0.29) is 11.8 Å². The van der Waals surface area contributed by atoms with E-state index in [0.717, 1.165) is 54.4 Å². The van der Waals surface area contributed by atoms with Crippen LogP contribution in [0, 0.1) is 5.82 Å². The van der Waals surface area contributed by atoms with Crippen LogP contribution in [0.2, 0.25) is 0 Å². The smallest absolute Gasteiger partial charge is 0.320 e. The van der Waals surface area contributed by atoms with Crippen molar-refractivity contribution in [2.24, 2.45) is 0 Å². The molecule has 0 bridgehead atoms. The number of esters is 1. The Morgan fingerprint density at radius 3 is 2.35 bits per heavy atom. The highest BCUT2D eigenvalue weighted by molar-refractivity contribution is 5.71. The monoisotopic (exact) mass is 499 g/mol. The Hall–Kier alpha value is -3.88. The minimum Gasteiger partial charge on any atom is -0.465 e. The lowest BCUT2D eigenvalue weighted by Gasteiger charge is -2.34. The Balaban J connectivity index is 1.39. The highest BCUT2D eigenvalue weighted by Crippen LogP contribution is 2.30. The first-order chi connectivity index (χ1) is 18.1. The third-order valence-corrected chi connectivity index (χ3v) is 6.55. The Bertz CT molecular complexity index is 1330. The van der Waals surface area contributed by atoms with Gasteiger partial charge in [0.25, 0.3) is 0 Å². The van der Waals surface area contributed by atoms with Crippen LogP contribution >= 0.6 is 0 Å². The highest BCUT2D eigenvalue weighted by atomic mass is 19.1. The molecule has 0 aliphatic carbocycles. The van der Waals surface area contributed by atoms with E-state index >= 15 is 4.39 Å². The van der Waals surface area contributed by atoms with Gasteiger partial charge in [0.15, 0.2) is 0 Å². The molecule has 2 aromatic carbocycles. The second kappa shape index (κ2) is 11.5. The number of benzene rings is 2. The van der Waals surface area contributed by atoms with Crippen LogP contribution in [-0.2, 0) is 16.1 Å². The SMILES string of the molecule is CCOC(=O)CN1CCN(Cc2cnn(-c3ccc(-c4ccccc4)nc3)c2-c2ccccc2F)CC1. The number of nitrogens with zero attached hydrogens (tertiary/aromatic N) is 5. The zero-order valence-electron chi connectivity index (χ0n) is 20.9. The molecule has 1 fully saturated rings. The van der Waals surface area contributed by atoms with Gasteiger partial charge in [-0.15, -0.1) is 0 Å². The summed E-state index contributed by atoms with van der Waals surface area (Å²) in [5.74, 6) is -0.482. The highest BCUT2D eigenvalue weighted by Gasteiger charge is 2.23. The van der Waals surface area contributed by atoms with E-state index < -0.39 is 0 Å². The van der Waals surface area contributed by atoms with Gasteiger partial charge in [0.1, 0.15) is 5.82 Å². The number of hydrogen-bond acceptors (Lipinski definition) is 6. The fourth-order valence-corrected chi connectivity index (χ4v) is 4.66. The molecule has 1 saturated heterocycles. The van der Waals surface area contributed by atoms with Gasteiger partial charge in [-0.25, -0.2) is 9.07 Å². The molecule has 190 valence electrons. The van der Waals surface area contributed by atoms with E-state index in [1.807, 2.05) is 61.7 Å². The average Bonchev–Trinajstić information content (AvgIpc) is 3.34. The van der Waals surface area contributed by atoms with Crippen LogP contribution < -0.4 is 0 Å². The van der Waals surface area contributed by atoms with Gasteiger partial charge in [0.05, 0.1) is 42.6 Å². The lowest BCUT2D eigenvalue weighted by atomic mass is 10.1. The fraction of sp³-hybridized carbons (Fsp3) is 0.276. The Morgan fingerprint density at radius 2 is 1.65 bits per heavy atom. The van der Waals surface area contributed by atoms with Crippen molar-refractivity contribution in [1.82, 2.24) is 24.6 Å².